The fourth-order valence-corrected chi connectivity index (χ4v) is 5.84. The van der Waals surface area contributed by atoms with Gasteiger partial charge in [-0.05, 0) is 68.8 Å². The number of aromatic nitrogens is 3. The van der Waals surface area contributed by atoms with E-state index >= 15 is 0 Å². The van der Waals surface area contributed by atoms with Crippen molar-refractivity contribution in [1.29, 1.82) is 0 Å². The largest absolute Gasteiger partial charge is 0.309 e. The lowest BCUT2D eigenvalue weighted by Gasteiger charge is -2.09. The first kappa shape index (κ1) is 23.7. The fraction of sp³-hybridized carbons (Fsp3) is 0.179. The topological polar surface area (TPSA) is 72.2 Å². The number of aryl methyl sites for hydroxylation is 1. The lowest BCUT2D eigenvalue weighted by Crippen LogP contribution is -2.22. The Morgan fingerprint density at radius 1 is 0.973 bits per heavy atom. The number of hydrogen-bond acceptors (Lipinski definition) is 5. The molecule has 1 aliphatic rings. The van der Waals surface area contributed by atoms with Gasteiger partial charge >= 0.3 is 0 Å². The number of nitrogens with zero attached hydrogens (tertiary/aromatic N) is 4. The van der Waals surface area contributed by atoms with E-state index in [4.69, 9.17) is 16.7 Å². The van der Waals surface area contributed by atoms with Crippen LogP contribution in [-0.4, -0.2) is 51.7 Å². The number of amides is 2. The van der Waals surface area contributed by atoms with Crippen LogP contribution in [0.15, 0.2) is 66.2 Å². The summed E-state index contributed by atoms with van der Waals surface area (Å²) in [6.45, 7) is 1.61. The monoisotopic (exact) mass is 529 g/mol. The molecule has 37 heavy (non-hydrogen) atoms. The van der Waals surface area contributed by atoms with Gasteiger partial charge in [0.2, 0.25) is 0 Å². The van der Waals surface area contributed by atoms with Crippen LogP contribution in [0.2, 0.25) is 5.02 Å². The second kappa shape index (κ2) is 9.30. The van der Waals surface area contributed by atoms with Crippen LogP contribution in [0.1, 0.15) is 17.7 Å². The predicted molar refractivity (Wildman–Crippen MR) is 149 cm³/mol. The highest BCUT2D eigenvalue weighted by molar-refractivity contribution is 7.12. The zero-order valence-electron chi connectivity index (χ0n) is 20.4. The highest BCUT2D eigenvalue weighted by Gasteiger charge is 2.36. The molecule has 1 aliphatic heterocycles. The number of rotatable bonds is 7. The number of halogens is 1. The third-order valence-corrected chi connectivity index (χ3v) is 7.68. The van der Waals surface area contributed by atoms with Crippen molar-refractivity contribution in [2.24, 2.45) is 0 Å². The van der Waals surface area contributed by atoms with Gasteiger partial charge in [-0.25, -0.2) is 0 Å². The molecule has 4 heterocycles. The van der Waals surface area contributed by atoms with Crippen LogP contribution < -0.4 is 5.32 Å². The summed E-state index contributed by atoms with van der Waals surface area (Å²) in [4.78, 5) is 28.7. The third-order valence-electron chi connectivity index (χ3n) is 6.58. The van der Waals surface area contributed by atoms with E-state index < -0.39 is 11.8 Å². The fourth-order valence-electron chi connectivity index (χ4n) is 4.95. The van der Waals surface area contributed by atoms with Gasteiger partial charge in [-0.15, -0.1) is 11.3 Å². The Bertz CT molecular complexity index is 1710. The average molecular weight is 530 g/mol. The summed E-state index contributed by atoms with van der Waals surface area (Å²) in [6, 6.07) is 17.4. The van der Waals surface area contributed by atoms with Crippen molar-refractivity contribution >= 4 is 67.7 Å². The molecule has 7 nitrogen and oxygen atoms in total. The van der Waals surface area contributed by atoms with E-state index in [0.717, 1.165) is 39.8 Å². The van der Waals surface area contributed by atoms with Gasteiger partial charge in [0.1, 0.15) is 5.69 Å². The Kier molecular flexibility index (Phi) is 5.95. The van der Waals surface area contributed by atoms with Crippen LogP contribution in [0.25, 0.3) is 38.0 Å². The molecule has 0 spiro atoms. The molecule has 0 saturated heterocycles. The quantitative estimate of drug-likeness (QED) is 0.294. The molecule has 0 aliphatic carbocycles. The van der Waals surface area contributed by atoms with E-state index in [-0.39, 0.29) is 5.57 Å². The molecule has 0 unspecified atom stereocenters. The predicted octanol–water partition coefficient (Wildman–Crippen LogP) is 5.21. The van der Waals surface area contributed by atoms with Crippen molar-refractivity contribution in [1.82, 2.24) is 24.6 Å². The molecule has 3 aromatic heterocycles. The highest BCUT2D eigenvalue weighted by atomic mass is 35.5. The standard InChI is InChI=1S/C28H24ClN5O2S/c1-32(2)12-6-13-34-22-8-4-3-7-18(22)26(31-34)25-24(27(35)30-28(25)36)20-16-33(23-9-5-14-37-23)21-11-10-17(29)15-19(20)21/h3-5,7-11,14-16H,6,12-13H2,1-2H3,(H,30,35,36). The second-order valence-corrected chi connectivity index (χ2v) is 10.7. The van der Waals surface area contributed by atoms with Crippen LogP contribution in [0, 0.1) is 0 Å². The zero-order valence-corrected chi connectivity index (χ0v) is 21.9. The van der Waals surface area contributed by atoms with Gasteiger partial charge in [0.15, 0.2) is 0 Å². The Balaban J connectivity index is 1.59. The number of carbonyl (C=O) groups excluding carboxylic acids is 2. The zero-order chi connectivity index (χ0) is 25.7. The summed E-state index contributed by atoms with van der Waals surface area (Å²) in [6.07, 6.45) is 2.82. The van der Waals surface area contributed by atoms with E-state index in [2.05, 4.69) is 10.2 Å². The van der Waals surface area contributed by atoms with Gasteiger partial charge in [0, 0.05) is 34.1 Å². The van der Waals surface area contributed by atoms with Crippen LogP contribution >= 0.6 is 22.9 Å². The number of nitrogens with one attached hydrogen (secondary N) is 1. The van der Waals surface area contributed by atoms with Gasteiger partial charge < -0.3 is 9.47 Å². The van der Waals surface area contributed by atoms with Gasteiger partial charge in [0.05, 0.1) is 27.2 Å². The van der Waals surface area contributed by atoms with Crippen molar-refractivity contribution in [3.63, 3.8) is 0 Å². The Morgan fingerprint density at radius 3 is 2.57 bits per heavy atom. The van der Waals surface area contributed by atoms with Crippen molar-refractivity contribution in [3.8, 4) is 5.00 Å². The molecule has 9 heteroatoms. The third kappa shape index (κ3) is 4.07. The maximum Gasteiger partial charge on any atom is 0.261 e. The first-order valence-corrected chi connectivity index (χ1v) is 13.2. The van der Waals surface area contributed by atoms with E-state index in [1.807, 2.05) is 89.5 Å². The summed E-state index contributed by atoms with van der Waals surface area (Å²) < 4.78 is 3.96. The van der Waals surface area contributed by atoms with E-state index in [0.29, 0.717) is 28.4 Å². The summed E-state index contributed by atoms with van der Waals surface area (Å²) in [5, 5.41) is 12.6. The second-order valence-electron chi connectivity index (χ2n) is 9.30. The number of thiophene rings is 1. The van der Waals surface area contributed by atoms with E-state index in [1.54, 1.807) is 11.3 Å². The lowest BCUT2D eigenvalue weighted by atomic mass is 9.97. The normalized spacial score (nSPS) is 14.1. The van der Waals surface area contributed by atoms with Gasteiger partial charge in [0.25, 0.3) is 11.8 Å². The first-order valence-electron chi connectivity index (χ1n) is 12.0. The molecular weight excluding hydrogens is 506 g/mol. The van der Waals surface area contributed by atoms with Crippen LogP contribution in [-0.2, 0) is 16.1 Å². The number of hydrogen-bond donors (Lipinski definition) is 1. The van der Waals surface area contributed by atoms with Crippen molar-refractivity contribution in [3.05, 3.63) is 82.5 Å². The lowest BCUT2D eigenvalue weighted by molar-refractivity contribution is -0.122. The summed E-state index contributed by atoms with van der Waals surface area (Å²) in [7, 11) is 4.08. The van der Waals surface area contributed by atoms with Crippen LogP contribution in [0.4, 0.5) is 0 Å². The Morgan fingerprint density at radius 2 is 1.78 bits per heavy atom. The summed E-state index contributed by atoms with van der Waals surface area (Å²) in [5.41, 5.74) is 3.60. The van der Waals surface area contributed by atoms with Crippen LogP contribution in [0.3, 0.4) is 0 Å². The van der Waals surface area contributed by atoms with Gasteiger partial charge in [-0.2, -0.15) is 5.10 Å². The Hall–Kier alpha value is -3.72. The van der Waals surface area contributed by atoms with Crippen LogP contribution in [0.5, 0.6) is 0 Å². The molecule has 2 amide bonds. The number of imide groups is 1. The van der Waals surface area contributed by atoms with Crippen molar-refractivity contribution in [2.75, 3.05) is 20.6 Å². The number of benzene rings is 2. The molecule has 1 N–H and O–H groups in total. The number of fused-ring (bicyclic) bond motifs is 2. The molecule has 2 aromatic carbocycles. The minimum Gasteiger partial charge on any atom is -0.309 e. The van der Waals surface area contributed by atoms with Gasteiger partial charge in [-0.3, -0.25) is 19.6 Å². The minimum atomic E-state index is -0.442. The van der Waals surface area contributed by atoms with Crippen molar-refractivity contribution in [2.45, 2.75) is 13.0 Å². The number of para-hydroxylation sites is 1. The molecule has 0 atom stereocenters. The van der Waals surface area contributed by atoms with Crippen molar-refractivity contribution < 1.29 is 9.59 Å². The van der Waals surface area contributed by atoms with Gasteiger partial charge in [-0.1, -0.05) is 29.8 Å². The molecule has 0 radical (unpaired) electrons. The molecule has 0 fully saturated rings. The summed E-state index contributed by atoms with van der Waals surface area (Å²) in [5.74, 6) is -0.876. The molecule has 0 bridgehead atoms. The highest BCUT2D eigenvalue weighted by Crippen LogP contribution is 2.39. The first-order chi connectivity index (χ1) is 17.9. The SMILES string of the molecule is CN(C)CCCn1nc(C2=C(c3cn(-c4cccs4)c4ccc(Cl)cc34)C(=O)NC2=O)c2ccccc21. The van der Waals surface area contributed by atoms with E-state index in [9.17, 15) is 9.59 Å². The Labute approximate surface area is 222 Å². The average Bonchev–Trinajstić information content (AvgIpc) is 3.64. The smallest absolute Gasteiger partial charge is 0.261 e. The molecular formula is C28H24ClN5O2S. The maximum absolute atomic E-state index is 13.3. The van der Waals surface area contributed by atoms with E-state index in [1.165, 1.54) is 0 Å². The summed E-state index contributed by atoms with van der Waals surface area (Å²) >= 11 is 7.98. The molecule has 186 valence electrons. The molecule has 5 aromatic rings. The number of carbonyl (C=O) groups is 2. The molecule has 0 saturated carbocycles. The molecule has 6 rings (SSSR count). The minimum absolute atomic E-state index is 0.290. The maximum atomic E-state index is 13.3.